The summed E-state index contributed by atoms with van der Waals surface area (Å²) in [6.07, 6.45) is 0. The van der Waals surface area contributed by atoms with Crippen LogP contribution in [0.25, 0.3) is 0 Å². The first-order valence-corrected chi connectivity index (χ1v) is 5.06. The van der Waals surface area contributed by atoms with Gasteiger partial charge in [-0.25, -0.2) is 0 Å². The van der Waals surface area contributed by atoms with E-state index in [2.05, 4.69) is 5.32 Å². The lowest BCUT2D eigenvalue weighted by atomic mass is 9.99. The molecule has 0 unspecified atom stereocenters. The zero-order chi connectivity index (χ0) is 12.3. The molecule has 1 aromatic rings. The van der Waals surface area contributed by atoms with Crippen LogP contribution in [0, 0.1) is 20.8 Å². The fourth-order valence-electron chi connectivity index (χ4n) is 1.47. The molecule has 2 amide bonds. The lowest BCUT2D eigenvalue weighted by molar-refractivity contribution is -0.137. The summed E-state index contributed by atoms with van der Waals surface area (Å²) >= 11 is 0. The van der Waals surface area contributed by atoms with Gasteiger partial charge in [0.1, 0.15) is 0 Å². The van der Waals surface area contributed by atoms with Crippen molar-refractivity contribution in [2.75, 3.05) is 0 Å². The van der Waals surface area contributed by atoms with Crippen LogP contribution in [-0.2, 0) is 16.1 Å². The Hall–Kier alpha value is -1.84. The van der Waals surface area contributed by atoms with Crippen molar-refractivity contribution in [1.29, 1.82) is 0 Å². The van der Waals surface area contributed by atoms with E-state index in [9.17, 15) is 9.59 Å². The molecule has 0 spiro atoms. The van der Waals surface area contributed by atoms with Crippen molar-refractivity contribution in [2.45, 2.75) is 27.3 Å². The number of hydrogen-bond donors (Lipinski definition) is 2. The highest BCUT2D eigenvalue weighted by Crippen LogP contribution is 2.16. The van der Waals surface area contributed by atoms with Gasteiger partial charge >= 0.3 is 11.8 Å². The molecule has 0 aliphatic rings. The van der Waals surface area contributed by atoms with Crippen molar-refractivity contribution in [3.05, 3.63) is 34.4 Å². The van der Waals surface area contributed by atoms with Crippen LogP contribution >= 0.6 is 0 Å². The van der Waals surface area contributed by atoms with Crippen LogP contribution in [-0.4, -0.2) is 11.8 Å². The third kappa shape index (κ3) is 2.59. The molecule has 0 atom stereocenters. The fraction of sp³-hybridized carbons (Fsp3) is 0.333. The molecule has 0 saturated heterocycles. The van der Waals surface area contributed by atoms with Crippen LogP contribution in [0.1, 0.15) is 22.3 Å². The van der Waals surface area contributed by atoms with E-state index in [1.807, 2.05) is 32.9 Å². The molecule has 0 heterocycles. The first kappa shape index (κ1) is 12.2. The Balaban J connectivity index is 2.79. The zero-order valence-electron chi connectivity index (χ0n) is 9.76. The largest absolute Gasteiger partial charge is 0.361 e. The van der Waals surface area contributed by atoms with Gasteiger partial charge in [0.15, 0.2) is 0 Å². The second kappa shape index (κ2) is 4.79. The monoisotopic (exact) mass is 220 g/mol. The average molecular weight is 220 g/mol. The number of rotatable bonds is 2. The number of aryl methyl sites for hydroxylation is 1. The Morgan fingerprint density at radius 1 is 1.19 bits per heavy atom. The van der Waals surface area contributed by atoms with Gasteiger partial charge < -0.3 is 11.1 Å². The van der Waals surface area contributed by atoms with Gasteiger partial charge in [-0.1, -0.05) is 12.1 Å². The van der Waals surface area contributed by atoms with Crippen LogP contribution in [0.15, 0.2) is 12.1 Å². The van der Waals surface area contributed by atoms with E-state index in [-0.39, 0.29) is 0 Å². The number of amides is 2. The van der Waals surface area contributed by atoms with Crippen LogP contribution < -0.4 is 11.1 Å². The van der Waals surface area contributed by atoms with Crippen LogP contribution in [0.5, 0.6) is 0 Å². The standard InChI is InChI=1S/C12H16N2O2/c1-7-4-5-10(9(3)8(7)2)6-14-12(16)11(13)15/h4-5H,6H2,1-3H3,(H2,13,15)(H,14,16). The summed E-state index contributed by atoms with van der Waals surface area (Å²) in [7, 11) is 0. The lowest BCUT2D eigenvalue weighted by Crippen LogP contribution is -2.35. The van der Waals surface area contributed by atoms with Gasteiger partial charge in [0, 0.05) is 6.54 Å². The molecular formula is C12H16N2O2. The summed E-state index contributed by atoms with van der Waals surface area (Å²) in [5.41, 5.74) is 9.38. The third-order valence-electron chi connectivity index (χ3n) is 2.83. The van der Waals surface area contributed by atoms with Gasteiger partial charge in [-0.05, 0) is 43.0 Å². The number of nitrogens with one attached hydrogen (secondary N) is 1. The SMILES string of the molecule is Cc1ccc(CNC(=O)C(N)=O)c(C)c1C. The average Bonchev–Trinajstić information content (AvgIpc) is 2.24. The maximum atomic E-state index is 11.0. The molecule has 0 aromatic heterocycles. The van der Waals surface area contributed by atoms with Crippen LogP contribution in [0.3, 0.4) is 0 Å². The molecule has 0 fully saturated rings. The van der Waals surface area contributed by atoms with E-state index < -0.39 is 11.8 Å². The molecule has 3 N–H and O–H groups in total. The van der Waals surface area contributed by atoms with Crippen molar-refractivity contribution < 1.29 is 9.59 Å². The number of primary amides is 1. The number of carbonyl (C=O) groups excluding carboxylic acids is 2. The molecule has 0 aliphatic heterocycles. The van der Waals surface area contributed by atoms with Gasteiger partial charge in [-0.2, -0.15) is 0 Å². The van der Waals surface area contributed by atoms with Gasteiger partial charge in [-0.15, -0.1) is 0 Å². The second-order valence-electron chi connectivity index (χ2n) is 3.84. The summed E-state index contributed by atoms with van der Waals surface area (Å²) in [4.78, 5) is 21.5. The predicted molar refractivity (Wildman–Crippen MR) is 61.7 cm³/mol. The normalized spacial score (nSPS) is 9.94. The summed E-state index contributed by atoms with van der Waals surface area (Å²) in [5, 5.41) is 2.47. The highest BCUT2D eigenvalue weighted by Gasteiger charge is 2.09. The van der Waals surface area contributed by atoms with E-state index in [4.69, 9.17) is 5.73 Å². The number of hydrogen-bond acceptors (Lipinski definition) is 2. The van der Waals surface area contributed by atoms with E-state index in [0.29, 0.717) is 6.54 Å². The topological polar surface area (TPSA) is 72.2 Å². The minimum absolute atomic E-state index is 0.328. The Morgan fingerprint density at radius 3 is 2.38 bits per heavy atom. The Bertz CT molecular complexity index is 439. The molecule has 0 aliphatic carbocycles. The van der Waals surface area contributed by atoms with Crippen molar-refractivity contribution in [3.8, 4) is 0 Å². The van der Waals surface area contributed by atoms with Gasteiger partial charge in [0.25, 0.3) is 0 Å². The lowest BCUT2D eigenvalue weighted by Gasteiger charge is -2.11. The summed E-state index contributed by atoms with van der Waals surface area (Å²) < 4.78 is 0. The molecule has 0 bridgehead atoms. The molecular weight excluding hydrogens is 204 g/mol. The van der Waals surface area contributed by atoms with Crippen molar-refractivity contribution >= 4 is 11.8 Å². The smallest absolute Gasteiger partial charge is 0.309 e. The van der Waals surface area contributed by atoms with Crippen LogP contribution in [0.2, 0.25) is 0 Å². The second-order valence-corrected chi connectivity index (χ2v) is 3.84. The first-order valence-electron chi connectivity index (χ1n) is 5.06. The van der Waals surface area contributed by atoms with E-state index >= 15 is 0 Å². The fourth-order valence-corrected chi connectivity index (χ4v) is 1.47. The van der Waals surface area contributed by atoms with Gasteiger partial charge in [0.05, 0.1) is 0 Å². The first-order chi connectivity index (χ1) is 7.43. The van der Waals surface area contributed by atoms with Crippen molar-refractivity contribution in [3.63, 3.8) is 0 Å². The Morgan fingerprint density at radius 2 is 1.81 bits per heavy atom. The Labute approximate surface area is 94.8 Å². The van der Waals surface area contributed by atoms with E-state index in [1.165, 1.54) is 11.1 Å². The highest BCUT2D eigenvalue weighted by molar-refractivity contribution is 6.34. The predicted octanol–water partition coefficient (Wildman–Crippen LogP) is 0.713. The van der Waals surface area contributed by atoms with E-state index in [1.54, 1.807) is 0 Å². The quantitative estimate of drug-likeness (QED) is 0.720. The molecule has 1 rings (SSSR count). The molecule has 4 nitrogen and oxygen atoms in total. The summed E-state index contributed by atoms with van der Waals surface area (Å²) in [6, 6.07) is 3.94. The maximum absolute atomic E-state index is 11.0. The van der Waals surface area contributed by atoms with Gasteiger partial charge in [0.2, 0.25) is 0 Å². The Kier molecular flexibility index (Phi) is 3.66. The maximum Gasteiger partial charge on any atom is 0.309 e. The highest BCUT2D eigenvalue weighted by atomic mass is 16.2. The molecule has 0 radical (unpaired) electrons. The third-order valence-corrected chi connectivity index (χ3v) is 2.83. The minimum Gasteiger partial charge on any atom is -0.361 e. The van der Waals surface area contributed by atoms with Crippen LogP contribution in [0.4, 0.5) is 0 Å². The number of benzene rings is 1. The van der Waals surface area contributed by atoms with Crippen molar-refractivity contribution in [1.82, 2.24) is 5.32 Å². The zero-order valence-corrected chi connectivity index (χ0v) is 9.76. The van der Waals surface area contributed by atoms with Gasteiger partial charge in [-0.3, -0.25) is 9.59 Å². The minimum atomic E-state index is -0.957. The molecule has 4 heteroatoms. The number of carbonyl (C=O) groups is 2. The van der Waals surface area contributed by atoms with Crippen molar-refractivity contribution in [2.24, 2.45) is 5.73 Å². The summed E-state index contributed by atoms with van der Waals surface area (Å²) in [5.74, 6) is -1.71. The molecule has 0 saturated carbocycles. The molecule has 1 aromatic carbocycles. The molecule has 86 valence electrons. The van der Waals surface area contributed by atoms with E-state index in [0.717, 1.165) is 11.1 Å². The number of nitrogens with two attached hydrogens (primary N) is 1. The molecule has 16 heavy (non-hydrogen) atoms. The summed E-state index contributed by atoms with van der Waals surface area (Å²) in [6.45, 7) is 6.39.